The number of aliphatic hydroxyl groups is 1. The lowest BCUT2D eigenvalue weighted by Crippen LogP contribution is -2.59. The first-order valence-corrected chi connectivity index (χ1v) is 8.71. The number of aliphatic hydroxyl groups excluding tert-OH is 1. The smallest absolute Gasteiger partial charge is 0.222 e. The fourth-order valence-corrected chi connectivity index (χ4v) is 4.16. The van der Waals surface area contributed by atoms with Gasteiger partial charge in [0.05, 0.1) is 12.3 Å². The number of likely N-dealkylation sites (tertiary alicyclic amines) is 2. The van der Waals surface area contributed by atoms with E-state index >= 15 is 0 Å². The lowest BCUT2D eigenvalue weighted by Gasteiger charge is -2.50. The quantitative estimate of drug-likeness (QED) is 0.869. The summed E-state index contributed by atoms with van der Waals surface area (Å²) in [6.45, 7) is 3.39. The van der Waals surface area contributed by atoms with Crippen molar-refractivity contribution in [2.45, 2.75) is 44.6 Å². The monoisotopic (exact) mass is 320 g/mol. The van der Waals surface area contributed by atoms with Crippen LogP contribution in [0.4, 0.5) is 0 Å². The zero-order valence-electron chi connectivity index (χ0n) is 14.0. The molecule has 6 heteroatoms. The van der Waals surface area contributed by atoms with Crippen LogP contribution in [0, 0.1) is 5.41 Å². The van der Waals surface area contributed by atoms with E-state index in [4.69, 9.17) is 0 Å². The van der Waals surface area contributed by atoms with Crippen molar-refractivity contribution in [3.8, 4) is 0 Å². The van der Waals surface area contributed by atoms with Crippen molar-refractivity contribution in [2.24, 2.45) is 5.41 Å². The van der Waals surface area contributed by atoms with E-state index in [1.165, 1.54) is 0 Å². The summed E-state index contributed by atoms with van der Waals surface area (Å²) >= 11 is 0. The molecule has 0 saturated carbocycles. The molecule has 2 aliphatic heterocycles. The van der Waals surface area contributed by atoms with Crippen molar-refractivity contribution < 1.29 is 9.90 Å². The first kappa shape index (κ1) is 16.5. The zero-order valence-corrected chi connectivity index (χ0v) is 14.0. The summed E-state index contributed by atoms with van der Waals surface area (Å²) in [5.41, 5.74) is 1.03. The Balaban J connectivity index is 1.54. The number of carbonyl (C=O) groups is 1. The largest absolute Gasteiger partial charge is 0.392 e. The highest BCUT2D eigenvalue weighted by Gasteiger charge is 2.45. The summed E-state index contributed by atoms with van der Waals surface area (Å²) in [7, 11) is 2.11. The minimum Gasteiger partial charge on any atom is -0.392 e. The fourth-order valence-electron chi connectivity index (χ4n) is 4.16. The van der Waals surface area contributed by atoms with Crippen LogP contribution in [-0.2, 0) is 11.2 Å². The summed E-state index contributed by atoms with van der Waals surface area (Å²) in [5, 5.41) is 17.3. The zero-order chi connectivity index (χ0) is 16.3. The van der Waals surface area contributed by atoms with Gasteiger partial charge >= 0.3 is 0 Å². The standard InChI is InChI=1S/C17H28N4O2/c1-20-9-6-15(22)17(12-20)7-3-8-21(13-17)16(23)5-2-4-14-10-18-19-11-14/h10-11,15,22H,2-9,12-13H2,1H3,(H,18,19)/t15-,17-/m0/s1. The fraction of sp³-hybridized carbons (Fsp3) is 0.765. The van der Waals surface area contributed by atoms with Gasteiger partial charge in [-0.3, -0.25) is 9.89 Å². The summed E-state index contributed by atoms with van der Waals surface area (Å²) in [5.74, 6) is 0.230. The van der Waals surface area contributed by atoms with E-state index in [9.17, 15) is 9.90 Å². The molecule has 128 valence electrons. The van der Waals surface area contributed by atoms with Gasteiger partial charge in [0.15, 0.2) is 0 Å². The third-order valence-electron chi connectivity index (χ3n) is 5.45. The van der Waals surface area contributed by atoms with Crippen LogP contribution in [0.15, 0.2) is 12.4 Å². The van der Waals surface area contributed by atoms with Crippen LogP contribution in [0.1, 0.15) is 37.7 Å². The Labute approximate surface area is 137 Å². The number of nitrogens with one attached hydrogen (secondary N) is 1. The highest BCUT2D eigenvalue weighted by molar-refractivity contribution is 5.76. The van der Waals surface area contributed by atoms with Crippen LogP contribution in [0.3, 0.4) is 0 Å². The molecule has 2 fully saturated rings. The number of aromatic amines is 1. The molecule has 0 aliphatic carbocycles. The van der Waals surface area contributed by atoms with Crippen molar-refractivity contribution in [1.29, 1.82) is 0 Å². The molecule has 1 spiro atoms. The molecule has 2 saturated heterocycles. The van der Waals surface area contributed by atoms with Gasteiger partial charge in [-0.15, -0.1) is 0 Å². The second kappa shape index (κ2) is 7.01. The number of aryl methyl sites for hydroxylation is 1. The Morgan fingerprint density at radius 1 is 1.48 bits per heavy atom. The number of hydrogen-bond donors (Lipinski definition) is 2. The number of carbonyl (C=O) groups excluding carboxylic acids is 1. The van der Waals surface area contributed by atoms with Crippen molar-refractivity contribution in [3.05, 3.63) is 18.0 Å². The van der Waals surface area contributed by atoms with Crippen molar-refractivity contribution in [1.82, 2.24) is 20.0 Å². The molecule has 2 atom stereocenters. The molecule has 6 nitrogen and oxygen atoms in total. The van der Waals surface area contributed by atoms with E-state index in [-0.39, 0.29) is 17.4 Å². The first-order valence-electron chi connectivity index (χ1n) is 8.71. The van der Waals surface area contributed by atoms with Gasteiger partial charge in [0.2, 0.25) is 5.91 Å². The van der Waals surface area contributed by atoms with Gasteiger partial charge in [0, 0.05) is 44.2 Å². The molecule has 1 aromatic rings. The molecule has 0 unspecified atom stereocenters. The number of hydrogen-bond acceptors (Lipinski definition) is 4. The van der Waals surface area contributed by atoms with Gasteiger partial charge < -0.3 is 14.9 Å². The first-order chi connectivity index (χ1) is 11.1. The average Bonchev–Trinajstić information content (AvgIpc) is 3.05. The molecule has 1 amide bonds. The predicted octanol–water partition coefficient (Wildman–Crippen LogP) is 1.04. The Bertz CT molecular complexity index is 519. The summed E-state index contributed by atoms with van der Waals surface area (Å²) in [6, 6.07) is 0. The lowest BCUT2D eigenvalue weighted by molar-refractivity contribution is -0.140. The Kier molecular flexibility index (Phi) is 5.02. The van der Waals surface area contributed by atoms with Crippen LogP contribution in [0.5, 0.6) is 0 Å². The van der Waals surface area contributed by atoms with E-state index in [1.807, 2.05) is 17.3 Å². The average molecular weight is 320 g/mol. The van der Waals surface area contributed by atoms with Crippen molar-refractivity contribution >= 4 is 5.91 Å². The Hall–Kier alpha value is -1.40. The van der Waals surface area contributed by atoms with Crippen LogP contribution >= 0.6 is 0 Å². The Morgan fingerprint density at radius 2 is 2.35 bits per heavy atom. The lowest BCUT2D eigenvalue weighted by atomic mass is 9.71. The summed E-state index contributed by atoms with van der Waals surface area (Å²) < 4.78 is 0. The van der Waals surface area contributed by atoms with E-state index in [0.717, 1.165) is 57.3 Å². The molecule has 0 aromatic carbocycles. The topological polar surface area (TPSA) is 72.5 Å². The van der Waals surface area contributed by atoms with Crippen LogP contribution in [0.25, 0.3) is 0 Å². The van der Waals surface area contributed by atoms with Gasteiger partial charge in [-0.2, -0.15) is 5.10 Å². The number of nitrogens with zero attached hydrogens (tertiary/aromatic N) is 3. The molecule has 0 bridgehead atoms. The van der Waals surface area contributed by atoms with Gasteiger partial charge in [0.25, 0.3) is 0 Å². The number of aromatic nitrogens is 2. The molecule has 3 heterocycles. The number of piperidine rings is 2. The normalized spacial score (nSPS) is 29.1. The van der Waals surface area contributed by atoms with Gasteiger partial charge in [-0.25, -0.2) is 0 Å². The second-order valence-electron chi connectivity index (χ2n) is 7.28. The number of amides is 1. The summed E-state index contributed by atoms with van der Waals surface area (Å²) in [6.07, 6.45) is 8.57. The van der Waals surface area contributed by atoms with Gasteiger partial charge in [-0.1, -0.05) is 0 Å². The van der Waals surface area contributed by atoms with E-state index in [1.54, 1.807) is 0 Å². The minimum absolute atomic E-state index is 0.120. The highest BCUT2D eigenvalue weighted by atomic mass is 16.3. The van der Waals surface area contributed by atoms with E-state index < -0.39 is 0 Å². The molecule has 3 rings (SSSR count). The van der Waals surface area contributed by atoms with E-state index in [0.29, 0.717) is 13.0 Å². The maximum absolute atomic E-state index is 12.5. The molecule has 2 N–H and O–H groups in total. The maximum atomic E-state index is 12.5. The molecule has 0 radical (unpaired) electrons. The third kappa shape index (κ3) is 3.75. The van der Waals surface area contributed by atoms with E-state index in [2.05, 4.69) is 22.1 Å². The molecular weight excluding hydrogens is 292 g/mol. The maximum Gasteiger partial charge on any atom is 0.222 e. The van der Waals surface area contributed by atoms with Crippen molar-refractivity contribution in [3.63, 3.8) is 0 Å². The van der Waals surface area contributed by atoms with Crippen LogP contribution in [-0.4, -0.2) is 70.3 Å². The molecule has 2 aliphatic rings. The molecule has 1 aromatic heterocycles. The van der Waals surface area contributed by atoms with Crippen LogP contribution in [0.2, 0.25) is 0 Å². The SMILES string of the molecule is CN1CC[C@H](O)[C@@]2(CCCN(C(=O)CCCc3cn[nH]c3)C2)C1. The minimum atomic E-state index is -0.278. The van der Waals surface area contributed by atoms with Crippen molar-refractivity contribution in [2.75, 3.05) is 33.2 Å². The highest BCUT2D eigenvalue weighted by Crippen LogP contribution is 2.38. The number of H-pyrrole nitrogens is 1. The second-order valence-corrected chi connectivity index (χ2v) is 7.28. The molecular formula is C17H28N4O2. The summed E-state index contributed by atoms with van der Waals surface area (Å²) in [4.78, 5) is 16.8. The van der Waals surface area contributed by atoms with Gasteiger partial charge in [0.1, 0.15) is 0 Å². The van der Waals surface area contributed by atoms with Gasteiger partial charge in [-0.05, 0) is 44.7 Å². The number of rotatable bonds is 4. The Morgan fingerprint density at radius 3 is 3.13 bits per heavy atom. The predicted molar refractivity (Wildman–Crippen MR) is 87.9 cm³/mol. The van der Waals surface area contributed by atoms with Crippen LogP contribution < -0.4 is 0 Å². The molecule has 23 heavy (non-hydrogen) atoms. The third-order valence-corrected chi connectivity index (χ3v) is 5.45.